The van der Waals surface area contributed by atoms with Crippen molar-refractivity contribution in [3.8, 4) is 0 Å². The van der Waals surface area contributed by atoms with Gasteiger partial charge in [-0.2, -0.15) is 4.98 Å². The third-order valence-electron chi connectivity index (χ3n) is 4.49. The van der Waals surface area contributed by atoms with E-state index in [9.17, 15) is 4.79 Å². The second kappa shape index (κ2) is 6.42. The molecule has 0 radical (unpaired) electrons. The minimum Gasteiger partial charge on any atom is -0.337 e. The van der Waals surface area contributed by atoms with Crippen LogP contribution in [0.1, 0.15) is 74.9 Å². The van der Waals surface area contributed by atoms with Gasteiger partial charge in [-0.1, -0.05) is 19.0 Å². The van der Waals surface area contributed by atoms with Crippen LogP contribution in [0, 0.1) is 5.92 Å². The molecular formula is C17H22N6O2. The van der Waals surface area contributed by atoms with Crippen molar-refractivity contribution in [3.05, 3.63) is 29.9 Å². The Morgan fingerprint density at radius 2 is 1.76 bits per heavy atom. The highest BCUT2D eigenvalue weighted by molar-refractivity contribution is 5.89. The molecule has 2 fully saturated rings. The normalized spacial score (nSPS) is 18.2. The maximum Gasteiger partial charge on any atom is 0.319 e. The van der Waals surface area contributed by atoms with Crippen LogP contribution in [-0.2, 0) is 0 Å². The van der Waals surface area contributed by atoms with E-state index in [4.69, 9.17) is 4.52 Å². The molecule has 0 aliphatic heterocycles. The number of anilines is 1. The molecule has 2 aliphatic rings. The van der Waals surface area contributed by atoms with Crippen LogP contribution in [0.2, 0.25) is 0 Å². The third-order valence-corrected chi connectivity index (χ3v) is 4.49. The smallest absolute Gasteiger partial charge is 0.319 e. The summed E-state index contributed by atoms with van der Waals surface area (Å²) in [6.45, 7) is 4.00. The van der Waals surface area contributed by atoms with Crippen LogP contribution in [-0.4, -0.2) is 26.1 Å². The van der Waals surface area contributed by atoms with E-state index in [1.54, 1.807) is 12.4 Å². The van der Waals surface area contributed by atoms with E-state index < -0.39 is 0 Å². The Labute approximate surface area is 145 Å². The highest BCUT2D eigenvalue weighted by Crippen LogP contribution is 2.39. The van der Waals surface area contributed by atoms with Crippen LogP contribution in [0.5, 0.6) is 0 Å². The molecule has 2 N–H and O–H groups in total. The molecule has 0 aromatic carbocycles. The number of amides is 2. The Kier molecular flexibility index (Phi) is 4.10. The van der Waals surface area contributed by atoms with Gasteiger partial charge < -0.3 is 15.2 Å². The van der Waals surface area contributed by atoms with Gasteiger partial charge in [-0.3, -0.25) is 0 Å². The largest absolute Gasteiger partial charge is 0.337 e. The molecule has 2 saturated carbocycles. The van der Waals surface area contributed by atoms with Crippen molar-refractivity contribution >= 4 is 11.7 Å². The molecule has 2 heterocycles. The van der Waals surface area contributed by atoms with E-state index in [-0.39, 0.29) is 18.0 Å². The second-order valence-corrected chi connectivity index (χ2v) is 7.19. The molecule has 2 amide bonds. The monoisotopic (exact) mass is 342 g/mol. The lowest BCUT2D eigenvalue weighted by atomic mass is 10.0. The lowest BCUT2D eigenvalue weighted by Gasteiger charge is -2.18. The van der Waals surface area contributed by atoms with Crippen LogP contribution >= 0.6 is 0 Å². The van der Waals surface area contributed by atoms with Gasteiger partial charge in [0, 0.05) is 11.8 Å². The molecule has 8 nitrogen and oxygen atoms in total. The molecule has 2 aliphatic carbocycles. The van der Waals surface area contributed by atoms with E-state index >= 15 is 0 Å². The third kappa shape index (κ3) is 3.78. The number of hydrogen-bond acceptors (Lipinski definition) is 6. The first-order valence-corrected chi connectivity index (χ1v) is 8.83. The van der Waals surface area contributed by atoms with Crippen molar-refractivity contribution in [1.82, 2.24) is 25.4 Å². The fourth-order valence-electron chi connectivity index (χ4n) is 2.66. The predicted molar refractivity (Wildman–Crippen MR) is 90.0 cm³/mol. The Bertz CT molecular complexity index is 749. The van der Waals surface area contributed by atoms with Gasteiger partial charge in [-0.05, 0) is 31.6 Å². The van der Waals surface area contributed by atoms with Crippen LogP contribution < -0.4 is 10.6 Å². The van der Waals surface area contributed by atoms with E-state index in [1.165, 1.54) is 0 Å². The first kappa shape index (κ1) is 16.0. The van der Waals surface area contributed by atoms with Crippen LogP contribution in [0.25, 0.3) is 0 Å². The van der Waals surface area contributed by atoms with Gasteiger partial charge in [0.2, 0.25) is 5.89 Å². The highest BCUT2D eigenvalue weighted by Gasteiger charge is 2.31. The molecule has 4 rings (SSSR count). The fraction of sp³-hybridized carbons (Fsp3) is 0.588. The molecule has 0 saturated heterocycles. The summed E-state index contributed by atoms with van der Waals surface area (Å²) >= 11 is 0. The van der Waals surface area contributed by atoms with E-state index in [0.29, 0.717) is 23.4 Å². The number of carbonyl (C=O) groups is 1. The van der Waals surface area contributed by atoms with Gasteiger partial charge in [0.15, 0.2) is 5.82 Å². The molecule has 2 aromatic heterocycles. The first-order chi connectivity index (χ1) is 12.1. The lowest BCUT2D eigenvalue weighted by molar-refractivity contribution is 0.235. The van der Waals surface area contributed by atoms with Crippen LogP contribution in [0.15, 0.2) is 16.9 Å². The Morgan fingerprint density at radius 1 is 1.12 bits per heavy atom. The van der Waals surface area contributed by atoms with Crippen molar-refractivity contribution in [2.75, 3.05) is 5.32 Å². The molecule has 132 valence electrons. The average molecular weight is 342 g/mol. The number of rotatable bonds is 6. The summed E-state index contributed by atoms with van der Waals surface area (Å²) in [7, 11) is 0. The Morgan fingerprint density at radius 3 is 2.36 bits per heavy atom. The topological polar surface area (TPSA) is 106 Å². The molecule has 1 unspecified atom stereocenters. The van der Waals surface area contributed by atoms with Gasteiger partial charge >= 0.3 is 6.03 Å². The number of carbonyl (C=O) groups excluding carboxylic acids is 1. The van der Waals surface area contributed by atoms with Crippen molar-refractivity contribution in [1.29, 1.82) is 0 Å². The SMILES string of the molecule is CC(C)C(NC(=O)Nc1cnc(C2CC2)nc1)c1nc(C2CC2)no1. The number of aromatic nitrogens is 4. The summed E-state index contributed by atoms with van der Waals surface area (Å²) in [5.74, 6) is 3.07. The number of nitrogens with one attached hydrogen (secondary N) is 2. The zero-order valence-corrected chi connectivity index (χ0v) is 14.4. The summed E-state index contributed by atoms with van der Waals surface area (Å²) in [5, 5.41) is 9.69. The highest BCUT2D eigenvalue weighted by atomic mass is 16.5. The molecule has 0 spiro atoms. The van der Waals surface area contributed by atoms with Gasteiger partial charge in [-0.15, -0.1) is 0 Å². The van der Waals surface area contributed by atoms with Gasteiger partial charge in [0.05, 0.1) is 18.1 Å². The second-order valence-electron chi connectivity index (χ2n) is 7.19. The van der Waals surface area contributed by atoms with Crippen molar-refractivity contribution in [2.24, 2.45) is 5.92 Å². The average Bonchev–Trinajstić information content (AvgIpc) is 3.52. The summed E-state index contributed by atoms with van der Waals surface area (Å²) in [6, 6.07) is -0.681. The predicted octanol–water partition coefficient (Wildman–Crippen LogP) is 3.13. The molecule has 8 heteroatoms. The maximum absolute atomic E-state index is 12.3. The molecule has 0 bridgehead atoms. The Hall–Kier alpha value is -2.51. The van der Waals surface area contributed by atoms with Gasteiger partial charge in [-0.25, -0.2) is 14.8 Å². The van der Waals surface area contributed by atoms with Crippen LogP contribution in [0.3, 0.4) is 0 Å². The van der Waals surface area contributed by atoms with E-state index in [2.05, 4.69) is 30.7 Å². The minimum atomic E-state index is -0.341. The molecule has 1 atom stereocenters. The molecule has 2 aromatic rings. The van der Waals surface area contributed by atoms with E-state index in [0.717, 1.165) is 37.3 Å². The summed E-state index contributed by atoms with van der Waals surface area (Å²) < 4.78 is 5.36. The standard InChI is InChI=1S/C17H22N6O2/c1-9(2)13(16-22-15(23-25-16)11-5-6-11)21-17(24)20-12-7-18-14(19-8-12)10-3-4-10/h7-11,13H,3-6H2,1-2H3,(H2,20,21,24). The van der Waals surface area contributed by atoms with Crippen molar-refractivity contribution in [2.45, 2.75) is 57.4 Å². The zero-order valence-electron chi connectivity index (χ0n) is 14.4. The summed E-state index contributed by atoms with van der Waals surface area (Å²) in [4.78, 5) is 25.4. The first-order valence-electron chi connectivity index (χ1n) is 8.83. The van der Waals surface area contributed by atoms with Crippen molar-refractivity contribution in [3.63, 3.8) is 0 Å². The zero-order chi connectivity index (χ0) is 17.4. The minimum absolute atomic E-state index is 0.117. The lowest BCUT2D eigenvalue weighted by Crippen LogP contribution is -2.35. The molecule has 25 heavy (non-hydrogen) atoms. The van der Waals surface area contributed by atoms with Crippen molar-refractivity contribution < 1.29 is 9.32 Å². The summed E-state index contributed by atoms with van der Waals surface area (Å²) in [6.07, 6.45) is 7.80. The van der Waals surface area contributed by atoms with Gasteiger partial charge in [0.1, 0.15) is 11.9 Å². The van der Waals surface area contributed by atoms with Crippen LogP contribution in [0.4, 0.5) is 10.5 Å². The number of urea groups is 1. The molecular weight excluding hydrogens is 320 g/mol. The maximum atomic E-state index is 12.3. The van der Waals surface area contributed by atoms with Gasteiger partial charge in [0.25, 0.3) is 0 Å². The Balaban J connectivity index is 1.39. The number of nitrogens with zero attached hydrogens (tertiary/aromatic N) is 4. The summed E-state index contributed by atoms with van der Waals surface area (Å²) in [5.41, 5.74) is 0.564. The fourth-order valence-corrected chi connectivity index (χ4v) is 2.66. The van der Waals surface area contributed by atoms with E-state index in [1.807, 2.05) is 13.8 Å². The number of hydrogen-bond donors (Lipinski definition) is 2. The quantitative estimate of drug-likeness (QED) is 0.835.